The lowest BCUT2D eigenvalue weighted by atomic mass is 10.1. The maximum absolute atomic E-state index is 13.1. The van der Waals surface area contributed by atoms with Crippen LogP contribution in [0.15, 0.2) is 122 Å². The van der Waals surface area contributed by atoms with Crippen molar-refractivity contribution in [2.24, 2.45) is 0 Å². The number of phosphoric acid groups is 2. The molecule has 0 aromatic heterocycles. The topological polar surface area (TPSA) is 237 Å². The van der Waals surface area contributed by atoms with Gasteiger partial charge in [0.25, 0.3) is 0 Å². The second-order valence-electron chi connectivity index (χ2n) is 26.2. The first kappa shape index (κ1) is 97.5. The second kappa shape index (κ2) is 74.7. The second-order valence-corrected chi connectivity index (χ2v) is 29.1. The number of phosphoric ester groups is 2. The van der Waals surface area contributed by atoms with E-state index in [1.807, 2.05) is 0 Å². The number of esters is 4. The molecule has 5 atom stereocenters. The van der Waals surface area contributed by atoms with Crippen LogP contribution in [0, 0.1) is 0 Å². The Labute approximate surface area is 619 Å². The predicted octanol–water partition coefficient (Wildman–Crippen LogP) is 23.1. The molecular weight excluding hydrogens is 1330 g/mol. The number of allylic oxidation sites excluding steroid dienone is 20. The number of hydrogen-bond donors (Lipinski definition) is 3. The molecule has 5 unspecified atom stereocenters. The Hall–Kier alpha value is -4.54. The van der Waals surface area contributed by atoms with Gasteiger partial charge in [-0.05, 0) is 148 Å². The fourth-order valence-corrected chi connectivity index (χ4v) is 11.9. The zero-order chi connectivity index (χ0) is 74.6. The molecule has 0 saturated carbocycles. The highest BCUT2D eigenvalue weighted by Gasteiger charge is 2.30. The van der Waals surface area contributed by atoms with E-state index in [-0.39, 0.29) is 25.7 Å². The van der Waals surface area contributed by atoms with Crippen molar-refractivity contribution in [3.8, 4) is 0 Å². The van der Waals surface area contributed by atoms with E-state index in [0.717, 1.165) is 212 Å². The van der Waals surface area contributed by atoms with Gasteiger partial charge in [0.2, 0.25) is 0 Å². The van der Waals surface area contributed by atoms with Crippen LogP contribution in [0.5, 0.6) is 0 Å². The molecule has 0 bridgehead atoms. The molecule has 0 fully saturated rings. The molecule has 586 valence electrons. The quantitative estimate of drug-likeness (QED) is 0.0169. The molecular formula is C83H142O17P2. The Morgan fingerprint density at radius 3 is 0.824 bits per heavy atom. The molecule has 0 aliphatic heterocycles. The molecule has 0 heterocycles. The van der Waals surface area contributed by atoms with Gasteiger partial charge in [-0.2, -0.15) is 0 Å². The minimum Gasteiger partial charge on any atom is -0.462 e. The number of aliphatic hydroxyl groups is 1. The summed E-state index contributed by atoms with van der Waals surface area (Å²) in [5.41, 5.74) is 0. The van der Waals surface area contributed by atoms with Crippen LogP contribution in [-0.2, 0) is 65.4 Å². The number of aliphatic hydroxyl groups excluding tert-OH is 1. The zero-order valence-corrected chi connectivity index (χ0v) is 65.8. The number of rotatable bonds is 74. The largest absolute Gasteiger partial charge is 0.472 e. The summed E-state index contributed by atoms with van der Waals surface area (Å²) in [5.74, 6) is -2.22. The highest BCUT2D eigenvalue weighted by atomic mass is 31.2. The highest BCUT2D eigenvalue weighted by molar-refractivity contribution is 7.47. The van der Waals surface area contributed by atoms with Crippen molar-refractivity contribution in [2.75, 3.05) is 39.6 Å². The number of ether oxygens (including phenoxy) is 4. The number of hydrogen-bond acceptors (Lipinski definition) is 15. The molecule has 0 saturated heterocycles. The minimum absolute atomic E-state index is 0.0737. The van der Waals surface area contributed by atoms with Gasteiger partial charge >= 0.3 is 39.5 Å². The summed E-state index contributed by atoms with van der Waals surface area (Å²) in [4.78, 5) is 73.0. The molecule has 102 heavy (non-hydrogen) atoms. The van der Waals surface area contributed by atoms with Crippen LogP contribution in [-0.4, -0.2) is 96.7 Å². The molecule has 19 heteroatoms. The third kappa shape index (κ3) is 73.8. The first-order valence-corrected chi connectivity index (χ1v) is 42.8. The maximum atomic E-state index is 13.1. The van der Waals surface area contributed by atoms with Gasteiger partial charge in [0.05, 0.1) is 26.4 Å². The molecule has 0 aliphatic rings. The fraction of sp³-hybridized carbons (Fsp3) is 0.711. The Bertz CT molecular complexity index is 2410. The van der Waals surface area contributed by atoms with Crippen LogP contribution < -0.4 is 0 Å². The van der Waals surface area contributed by atoms with Gasteiger partial charge in [0.1, 0.15) is 19.3 Å². The van der Waals surface area contributed by atoms with Crippen LogP contribution in [0.25, 0.3) is 0 Å². The Balaban J connectivity index is 5.34. The molecule has 0 spiro atoms. The van der Waals surface area contributed by atoms with Crippen molar-refractivity contribution < 1.29 is 80.2 Å². The molecule has 0 aromatic rings. The van der Waals surface area contributed by atoms with E-state index >= 15 is 0 Å². The van der Waals surface area contributed by atoms with Gasteiger partial charge in [-0.15, -0.1) is 0 Å². The van der Waals surface area contributed by atoms with Crippen molar-refractivity contribution in [1.82, 2.24) is 0 Å². The van der Waals surface area contributed by atoms with Crippen molar-refractivity contribution >= 4 is 39.5 Å². The van der Waals surface area contributed by atoms with Crippen molar-refractivity contribution in [3.63, 3.8) is 0 Å². The summed E-state index contributed by atoms with van der Waals surface area (Å²) >= 11 is 0. The summed E-state index contributed by atoms with van der Waals surface area (Å²) in [6.45, 7) is 4.55. The minimum atomic E-state index is -4.99. The number of carbonyl (C=O) groups excluding carboxylic acids is 4. The van der Waals surface area contributed by atoms with Crippen LogP contribution in [0.2, 0.25) is 0 Å². The third-order valence-corrected chi connectivity index (χ3v) is 18.3. The predicted molar refractivity (Wildman–Crippen MR) is 418 cm³/mol. The Morgan fingerprint density at radius 1 is 0.284 bits per heavy atom. The van der Waals surface area contributed by atoms with Crippen LogP contribution >= 0.6 is 15.6 Å². The summed E-state index contributed by atoms with van der Waals surface area (Å²) in [7, 11) is -9.97. The van der Waals surface area contributed by atoms with Gasteiger partial charge in [0, 0.05) is 25.7 Å². The van der Waals surface area contributed by atoms with Crippen LogP contribution in [0.1, 0.15) is 323 Å². The maximum Gasteiger partial charge on any atom is 0.472 e. The molecule has 0 aromatic carbocycles. The summed E-state index contributed by atoms with van der Waals surface area (Å²) in [6, 6.07) is 0. The van der Waals surface area contributed by atoms with Crippen molar-refractivity contribution in [3.05, 3.63) is 122 Å². The monoisotopic (exact) mass is 1470 g/mol. The molecule has 0 radical (unpaired) electrons. The highest BCUT2D eigenvalue weighted by Crippen LogP contribution is 2.45. The molecule has 0 amide bonds. The molecule has 0 rings (SSSR count). The lowest BCUT2D eigenvalue weighted by Gasteiger charge is -2.21. The first-order chi connectivity index (χ1) is 49.7. The smallest absolute Gasteiger partial charge is 0.462 e. The van der Waals surface area contributed by atoms with Gasteiger partial charge in [-0.25, -0.2) is 9.13 Å². The van der Waals surface area contributed by atoms with E-state index in [1.165, 1.54) is 32.1 Å². The first-order valence-electron chi connectivity index (χ1n) is 39.8. The van der Waals surface area contributed by atoms with Crippen LogP contribution in [0.4, 0.5) is 0 Å². The fourth-order valence-electron chi connectivity index (χ4n) is 10.4. The van der Waals surface area contributed by atoms with Crippen LogP contribution in [0.3, 0.4) is 0 Å². The van der Waals surface area contributed by atoms with Gasteiger partial charge < -0.3 is 33.8 Å². The van der Waals surface area contributed by atoms with Gasteiger partial charge in [-0.3, -0.25) is 37.3 Å². The average molecular weight is 1470 g/mol. The van der Waals surface area contributed by atoms with E-state index in [4.69, 9.17) is 37.0 Å². The lowest BCUT2D eigenvalue weighted by molar-refractivity contribution is -0.161. The SMILES string of the molecule is CC/C=C\C/C=C\C/C=C\C/C=C\CCCCCCCCC(=O)OCC(COP(=O)(O)OCC(O)COP(=O)(O)OCC(COC(=O)CCCCCCCCC/C=C\C/C=C\C/C=C\CC)OC(=O)CCCCCCC/C=C\CCCC)OC(=O)CCCCCCC/C=C\C/C=C\CCCCC. The van der Waals surface area contributed by atoms with E-state index in [9.17, 15) is 43.2 Å². The lowest BCUT2D eigenvalue weighted by Crippen LogP contribution is -2.30. The van der Waals surface area contributed by atoms with Crippen molar-refractivity contribution in [1.29, 1.82) is 0 Å². The molecule has 0 aliphatic carbocycles. The Kier molecular flexibility index (Phi) is 71.4. The summed E-state index contributed by atoms with van der Waals surface area (Å²) in [6.07, 6.45) is 81.8. The van der Waals surface area contributed by atoms with Gasteiger partial charge in [-0.1, -0.05) is 271 Å². The number of unbranched alkanes of at least 4 members (excludes halogenated alkanes) is 28. The Morgan fingerprint density at radius 2 is 0.520 bits per heavy atom. The van der Waals surface area contributed by atoms with E-state index < -0.39 is 97.5 Å². The van der Waals surface area contributed by atoms with E-state index in [1.54, 1.807) is 0 Å². The molecule has 17 nitrogen and oxygen atoms in total. The molecule has 3 N–H and O–H groups in total. The summed E-state index contributed by atoms with van der Waals surface area (Å²) in [5, 5.41) is 10.6. The normalized spacial score (nSPS) is 14.5. The van der Waals surface area contributed by atoms with E-state index in [2.05, 4.69) is 149 Å². The van der Waals surface area contributed by atoms with Crippen molar-refractivity contribution in [2.45, 2.75) is 341 Å². The zero-order valence-electron chi connectivity index (χ0n) is 64.0. The standard InChI is InChI=1S/C83H142O17P2/c1-5-9-13-17-21-25-29-32-35-37-38-40-43-45-49-52-56-60-64-68-81(86)94-74-79(100-83(88)70-66-62-58-54-50-46-41-34-31-27-23-19-15-11-7-3)76-98-102(91,92)96-72-77(84)71-95-101(89,90)97-75-78(99-82(87)69-65-61-57-53-47-28-24-20-16-12-8-4)73-93-80(85)67-63-59-55-51-48-44-42-39-36-33-30-26-22-18-14-10-6-2/h9-10,13-14,20-27,32-36,38,40-41,77-79,84H,5-8,11-12,15-19,28-31,37,39,42-76H2,1-4H3,(H,89,90)(H,91,92)/b13-9-,14-10-,24-20-,25-21-,26-22-,27-23-,35-32-,36-33-,40-38-,41-34-. The van der Waals surface area contributed by atoms with Gasteiger partial charge in [0.15, 0.2) is 12.2 Å². The van der Waals surface area contributed by atoms with E-state index in [0.29, 0.717) is 25.7 Å². The third-order valence-electron chi connectivity index (χ3n) is 16.4. The average Bonchev–Trinajstić information content (AvgIpc) is 0.939. The summed E-state index contributed by atoms with van der Waals surface area (Å²) < 4.78 is 68.5. The number of carbonyl (C=O) groups is 4.